The van der Waals surface area contributed by atoms with Gasteiger partial charge in [0.25, 0.3) is 5.91 Å². The summed E-state index contributed by atoms with van der Waals surface area (Å²) in [5, 5.41) is 6.38. The molecule has 11 heteroatoms. The van der Waals surface area contributed by atoms with E-state index >= 15 is 0 Å². The SMILES string of the molecule is COc1cc(C2NC(=O)c3ccccc3N2)ccc1OCCCCCCCCOc1c(OC)cc(C=Cc2cc(OC)c(OC)c(OC)c2)cc1OC. The summed E-state index contributed by atoms with van der Waals surface area (Å²) in [6, 6.07) is 20.8. The first-order valence-electron chi connectivity index (χ1n) is 17.8. The van der Waals surface area contributed by atoms with E-state index in [9.17, 15) is 4.79 Å². The van der Waals surface area contributed by atoms with E-state index in [2.05, 4.69) is 10.6 Å². The van der Waals surface area contributed by atoms with E-state index in [4.69, 9.17) is 37.9 Å². The lowest BCUT2D eigenvalue weighted by molar-refractivity contribution is 0.0935. The molecule has 1 amide bonds. The fourth-order valence-corrected chi connectivity index (χ4v) is 6.15. The van der Waals surface area contributed by atoms with Gasteiger partial charge in [-0.3, -0.25) is 4.79 Å². The number of anilines is 1. The van der Waals surface area contributed by atoms with Gasteiger partial charge in [-0.1, -0.05) is 56.0 Å². The lowest BCUT2D eigenvalue weighted by Gasteiger charge is -2.28. The fourth-order valence-electron chi connectivity index (χ4n) is 6.15. The van der Waals surface area contributed by atoms with Crippen molar-refractivity contribution in [1.29, 1.82) is 0 Å². The normalized spacial score (nSPS) is 13.4. The largest absolute Gasteiger partial charge is 0.493 e. The maximum Gasteiger partial charge on any atom is 0.255 e. The van der Waals surface area contributed by atoms with Crippen LogP contribution in [0.4, 0.5) is 5.69 Å². The monoisotopic (exact) mass is 726 g/mol. The van der Waals surface area contributed by atoms with Crippen molar-refractivity contribution in [3.05, 3.63) is 89.0 Å². The molecule has 0 aromatic heterocycles. The molecule has 282 valence electrons. The number of hydrogen-bond donors (Lipinski definition) is 2. The van der Waals surface area contributed by atoms with Crippen molar-refractivity contribution >= 4 is 23.7 Å². The first-order chi connectivity index (χ1) is 25.9. The zero-order chi connectivity index (χ0) is 37.6. The average Bonchev–Trinajstić information content (AvgIpc) is 3.20. The van der Waals surface area contributed by atoms with Gasteiger partial charge < -0.3 is 48.5 Å². The Morgan fingerprint density at radius 3 is 1.62 bits per heavy atom. The van der Waals surface area contributed by atoms with Crippen LogP contribution in [-0.4, -0.2) is 61.8 Å². The maximum atomic E-state index is 12.6. The van der Waals surface area contributed by atoms with Crippen molar-refractivity contribution in [3.8, 4) is 46.0 Å². The molecule has 11 nitrogen and oxygen atoms in total. The molecule has 1 atom stereocenters. The van der Waals surface area contributed by atoms with E-state index in [1.165, 1.54) is 0 Å². The minimum absolute atomic E-state index is 0.109. The Bertz CT molecular complexity index is 1810. The number of nitrogens with one attached hydrogen (secondary N) is 2. The molecule has 0 saturated heterocycles. The van der Waals surface area contributed by atoms with E-state index in [0.717, 1.165) is 60.9 Å². The minimum atomic E-state index is -0.356. The summed E-state index contributed by atoms with van der Waals surface area (Å²) in [5.74, 6) is 4.70. The average molecular weight is 727 g/mol. The summed E-state index contributed by atoms with van der Waals surface area (Å²) in [6.07, 6.45) is 9.73. The molecule has 0 aliphatic carbocycles. The predicted octanol–water partition coefficient (Wildman–Crippen LogP) is 8.56. The van der Waals surface area contributed by atoms with Crippen LogP contribution < -0.4 is 48.5 Å². The van der Waals surface area contributed by atoms with Gasteiger partial charge in [-0.15, -0.1) is 0 Å². The van der Waals surface area contributed by atoms with Gasteiger partial charge in [0, 0.05) is 5.69 Å². The second-order valence-electron chi connectivity index (χ2n) is 12.4. The van der Waals surface area contributed by atoms with Gasteiger partial charge >= 0.3 is 0 Å². The molecule has 2 N–H and O–H groups in total. The number of fused-ring (bicyclic) bond motifs is 1. The third-order valence-corrected chi connectivity index (χ3v) is 8.95. The van der Waals surface area contributed by atoms with Gasteiger partial charge in [-0.05, 0) is 78.1 Å². The van der Waals surface area contributed by atoms with E-state index in [0.29, 0.717) is 64.8 Å². The number of rotatable bonds is 20. The minimum Gasteiger partial charge on any atom is -0.493 e. The lowest BCUT2D eigenvalue weighted by atomic mass is 10.1. The maximum absolute atomic E-state index is 12.6. The van der Waals surface area contributed by atoms with Crippen LogP contribution in [0.3, 0.4) is 0 Å². The molecule has 5 rings (SSSR count). The van der Waals surface area contributed by atoms with E-state index in [-0.39, 0.29) is 12.1 Å². The Labute approximate surface area is 312 Å². The molecular formula is C42H50N2O9. The molecule has 0 bridgehead atoms. The molecule has 0 fully saturated rings. The Kier molecular flexibility index (Phi) is 14.0. The van der Waals surface area contributed by atoms with Gasteiger partial charge in [0.2, 0.25) is 11.5 Å². The van der Waals surface area contributed by atoms with Crippen molar-refractivity contribution in [2.24, 2.45) is 0 Å². The first kappa shape index (κ1) is 38.5. The second-order valence-corrected chi connectivity index (χ2v) is 12.4. The molecule has 1 heterocycles. The zero-order valence-corrected chi connectivity index (χ0v) is 31.4. The number of unbranched alkanes of at least 4 members (excludes halogenated alkanes) is 5. The van der Waals surface area contributed by atoms with Gasteiger partial charge in [0.05, 0.1) is 61.4 Å². The number of carbonyl (C=O) groups is 1. The Hall–Kier alpha value is -5.71. The highest BCUT2D eigenvalue weighted by Gasteiger charge is 2.25. The van der Waals surface area contributed by atoms with Crippen molar-refractivity contribution < 1.29 is 42.7 Å². The van der Waals surface area contributed by atoms with Gasteiger partial charge in [-0.2, -0.15) is 0 Å². The van der Waals surface area contributed by atoms with Gasteiger partial charge in [0.1, 0.15) is 6.17 Å². The molecule has 4 aromatic carbocycles. The van der Waals surface area contributed by atoms with Gasteiger partial charge in [0.15, 0.2) is 34.5 Å². The van der Waals surface area contributed by atoms with Crippen molar-refractivity contribution in [1.82, 2.24) is 5.32 Å². The third kappa shape index (κ3) is 9.79. The van der Waals surface area contributed by atoms with Crippen molar-refractivity contribution in [2.45, 2.75) is 44.7 Å². The number of carbonyl (C=O) groups excluding carboxylic acids is 1. The molecule has 0 spiro atoms. The summed E-state index contributed by atoms with van der Waals surface area (Å²) >= 11 is 0. The zero-order valence-electron chi connectivity index (χ0n) is 31.4. The highest BCUT2D eigenvalue weighted by Crippen LogP contribution is 2.41. The van der Waals surface area contributed by atoms with Crippen molar-refractivity contribution in [2.75, 3.05) is 61.2 Å². The third-order valence-electron chi connectivity index (χ3n) is 8.95. The number of benzene rings is 4. The molecule has 1 aliphatic heterocycles. The summed E-state index contributed by atoms with van der Waals surface area (Å²) in [6.45, 7) is 1.15. The molecular weight excluding hydrogens is 676 g/mol. The van der Waals surface area contributed by atoms with Crippen LogP contribution in [0, 0.1) is 0 Å². The van der Waals surface area contributed by atoms with E-state index in [1.807, 2.05) is 72.8 Å². The number of para-hydroxylation sites is 1. The van der Waals surface area contributed by atoms with Crippen molar-refractivity contribution in [3.63, 3.8) is 0 Å². The molecule has 53 heavy (non-hydrogen) atoms. The molecule has 0 saturated carbocycles. The summed E-state index contributed by atoms with van der Waals surface area (Å²) in [7, 11) is 9.64. The number of hydrogen-bond acceptors (Lipinski definition) is 10. The topological polar surface area (TPSA) is 115 Å². The quantitative estimate of drug-likeness (QED) is 0.0678. The molecule has 1 aliphatic rings. The Balaban J connectivity index is 1.03. The second kappa shape index (κ2) is 19.2. The smallest absolute Gasteiger partial charge is 0.255 e. The molecule has 4 aromatic rings. The van der Waals surface area contributed by atoms with Crippen LogP contribution >= 0.6 is 0 Å². The van der Waals surface area contributed by atoms with Gasteiger partial charge in [-0.25, -0.2) is 0 Å². The number of ether oxygens (including phenoxy) is 8. The fraction of sp³-hybridized carbons (Fsp3) is 0.357. The van der Waals surface area contributed by atoms with Crippen LogP contribution in [0.1, 0.15) is 71.7 Å². The summed E-state index contributed by atoms with van der Waals surface area (Å²) in [4.78, 5) is 12.6. The number of amides is 1. The van der Waals surface area contributed by atoms with E-state index < -0.39 is 0 Å². The highest BCUT2D eigenvalue weighted by molar-refractivity contribution is 6.01. The van der Waals surface area contributed by atoms with Crippen LogP contribution in [0.15, 0.2) is 66.7 Å². The van der Waals surface area contributed by atoms with Crippen LogP contribution in [0.25, 0.3) is 12.2 Å². The summed E-state index contributed by atoms with van der Waals surface area (Å²) < 4.78 is 45.6. The number of methoxy groups -OCH3 is 6. The molecule has 1 unspecified atom stereocenters. The van der Waals surface area contributed by atoms with Crippen LogP contribution in [-0.2, 0) is 0 Å². The standard InChI is InChI=1S/C42H50N2O9/c1-46-34-27-30(41-43-32-16-12-11-15-31(32)42(45)44-41)19-20-33(34)52-21-13-9-7-8-10-14-22-53-40-37(49-4)25-29(26-38(40)50-5)18-17-28-23-35(47-2)39(51-6)36(24-28)48-3/h11-12,15-20,23-27,41,43H,7-10,13-14,21-22H2,1-6H3,(H,44,45). The Morgan fingerprint density at radius 2 is 1.06 bits per heavy atom. The predicted molar refractivity (Wildman–Crippen MR) is 207 cm³/mol. The lowest BCUT2D eigenvalue weighted by Crippen LogP contribution is -2.38. The van der Waals surface area contributed by atoms with Crippen LogP contribution in [0.5, 0.6) is 46.0 Å². The van der Waals surface area contributed by atoms with Crippen LogP contribution in [0.2, 0.25) is 0 Å². The highest BCUT2D eigenvalue weighted by atomic mass is 16.5. The van der Waals surface area contributed by atoms with E-state index in [1.54, 1.807) is 48.7 Å². The first-order valence-corrected chi connectivity index (χ1v) is 17.8. The Morgan fingerprint density at radius 1 is 0.528 bits per heavy atom. The summed E-state index contributed by atoms with van der Waals surface area (Å²) in [5.41, 5.74) is 4.09. The molecule has 0 radical (unpaired) electrons.